The summed E-state index contributed by atoms with van der Waals surface area (Å²) in [6.07, 6.45) is 3.99. The minimum absolute atomic E-state index is 0.0183. The first-order valence-corrected chi connectivity index (χ1v) is 7.29. The topological polar surface area (TPSA) is 71.7 Å². The number of carbonyl (C=O) groups excluding carboxylic acids is 1. The highest BCUT2D eigenvalue weighted by Crippen LogP contribution is 2.16. The molecule has 5 nitrogen and oxygen atoms in total. The molecule has 2 rings (SSSR count). The van der Waals surface area contributed by atoms with Gasteiger partial charge in [0.15, 0.2) is 0 Å². The number of aliphatic hydroxyl groups excluding tert-OH is 1. The van der Waals surface area contributed by atoms with Crippen molar-refractivity contribution in [2.75, 3.05) is 13.7 Å². The van der Waals surface area contributed by atoms with Crippen LogP contribution < -0.4 is 10.1 Å². The number of amides is 1. The summed E-state index contributed by atoms with van der Waals surface area (Å²) in [5.74, 6) is 0.789. The standard InChI is InChI=1S/C17H21NO4/c1-21-15-5-2-13(3-6-15)4-7-17(20)18-10-8-16(19)14-9-11-22-12-14/h2-3,5-6,9,11-12,16,19H,4,7-8,10H2,1H3,(H,18,20). The van der Waals surface area contributed by atoms with Crippen molar-refractivity contribution in [3.8, 4) is 5.75 Å². The summed E-state index contributed by atoms with van der Waals surface area (Å²) in [5, 5.41) is 12.7. The Balaban J connectivity index is 1.65. The molecule has 5 heteroatoms. The summed E-state index contributed by atoms with van der Waals surface area (Å²) in [6.45, 7) is 0.438. The van der Waals surface area contributed by atoms with Gasteiger partial charge in [-0.1, -0.05) is 12.1 Å². The summed E-state index contributed by atoms with van der Waals surface area (Å²) >= 11 is 0. The van der Waals surface area contributed by atoms with E-state index in [4.69, 9.17) is 9.15 Å². The number of furan rings is 1. The van der Waals surface area contributed by atoms with Crippen molar-refractivity contribution < 1.29 is 19.1 Å². The summed E-state index contributed by atoms with van der Waals surface area (Å²) in [7, 11) is 1.63. The normalized spacial score (nSPS) is 11.9. The fourth-order valence-corrected chi connectivity index (χ4v) is 2.12. The molecule has 0 radical (unpaired) electrons. The predicted molar refractivity (Wildman–Crippen MR) is 82.6 cm³/mol. The van der Waals surface area contributed by atoms with Crippen LogP contribution in [0.1, 0.15) is 30.1 Å². The largest absolute Gasteiger partial charge is 0.497 e. The number of aryl methyl sites for hydroxylation is 1. The summed E-state index contributed by atoms with van der Waals surface area (Å²) < 4.78 is 10.0. The van der Waals surface area contributed by atoms with E-state index < -0.39 is 6.10 Å². The van der Waals surface area contributed by atoms with Gasteiger partial charge in [-0.2, -0.15) is 0 Å². The lowest BCUT2D eigenvalue weighted by molar-refractivity contribution is -0.121. The molecule has 2 aromatic rings. The molecule has 1 amide bonds. The van der Waals surface area contributed by atoms with E-state index >= 15 is 0 Å². The number of methoxy groups -OCH3 is 1. The molecule has 0 spiro atoms. The molecule has 0 saturated carbocycles. The molecule has 1 aromatic carbocycles. The third kappa shape index (κ3) is 4.93. The summed E-state index contributed by atoms with van der Waals surface area (Å²) in [6, 6.07) is 9.39. The number of nitrogens with one attached hydrogen (secondary N) is 1. The van der Waals surface area contributed by atoms with Crippen LogP contribution in [-0.2, 0) is 11.2 Å². The van der Waals surface area contributed by atoms with Crippen LogP contribution in [0.25, 0.3) is 0 Å². The Kier molecular flexibility index (Phi) is 6.03. The van der Waals surface area contributed by atoms with E-state index in [9.17, 15) is 9.90 Å². The molecule has 0 aliphatic heterocycles. The van der Waals surface area contributed by atoms with E-state index in [1.165, 1.54) is 12.5 Å². The average molecular weight is 303 g/mol. The van der Waals surface area contributed by atoms with Crippen molar-refractivity contribution in [3.63, 3.8) is 0 Å². The van der Waals surface area contributed by atoms with Crippen LogP contribution in [0.4, 0.5) is 0 Å². The molecule has 1 atom stereocenters. The van der Waals surface area contributed by atoms with Gasteiger partial charge in [0, 0.05) is 18.5 Å². The zero-order chi connectivity index (χ0) is 15.8. The number of benzene rings is 1. The molecular formula is C17H21NO4. The number of hydrogen-bond donors (Lipinski definition) is 2. The number of hydrogen-bond acceptors (Lipinski definition) is 4. The number of rotatable bonds is 8. The molecule has 1 heterocycles. The van der Waals surface area contributed by atoms with Gasteiger partial charge in [0.05, 0.1) is 25.7 Å². The first-order valence-electron chi connectivity index (χ1n) is 7.29. The Labute approximate surface area is 129 Å². The van der Waals surface area contributed by atoms with E-state index in [2.05, 4.69) is 5.32 Å². The molecule has 118 valence electrons. The van der Waals surface area contributed by atoms with Crippen LogP contribution in [0.2, 0.25) is 0 Å². The minimum Gasteiger partial charge on any atom is -0.497 e. The van der Waals surface area contributed by atoms with E-state index in [0.717, 1.165) is 16.9 Å². The molecule has 22 heavy (non-hydrogen) atoms. The average Bonchev–Trinajstić information content (AvgIpc) is 3.08. The lowest BCUT2D eigenvalue weighted by Crippen LogP contribution is -2.25. The van der Waals surface area contributed by atoms with Gasteiger partial charge < -0.3 is 19.6 Å². The fraction of sp³-hybridized carbons (Fsp3) is 0.353. The van der Waals surface area contributed by atoms with Crippen LogP contribution in [0.15, 0.2) is 47.3 Å². The maximum atomic E-state index is 11.8. The van der Waals surface area contributed by atoms with Crippen molar-refractivity contribution in [2.24, 2.45) is 0 Å². The lowest BCUT2D eigenvalue weighted by Gasteiger charge is -2.09. The van der Waals surface area contributed by atoms with Crippen LogP contribution >= 0.6 is 0 Å². The highest BCUT2D eigenvalue weighted by molar-refractivity contribution is 5.76. The van der Waals surface area contributed by atoms with Gasteiger partial charge in [-0.05, 0) is 36.6 Å². The molecule has 0 aliphatic rings. The van der Waals surface area contributed by atoms with Crippen molar-refractivity contribution >= 4 is 5.91 Å². The smallest absolute Gasteiger partial charge is 0.220 e. The Morgan fingerprint density at radius 3 is 2.73 bits per heavy atom. The zero-order valence-corrected chi connectivity index (χ0v) is 12.6. The summed E-state index contributed by atoms with van der Waals surface area (Å²) in [4.78, 5) is 11.8. The quantitative estimate of drug-likeness (QED) is 0.786. The maximum Gasteiger partial charge on any atom is 0.220 e. The van der Waals surface area contributed by atoms with Gasteiger partial charge >= 0.3 is 0 Å². The molecular weight excluding hydrogens is 282 g/mol. The molecule has 0 fully saturated rings. The minimum atomic E-state index is -0.611. The monoisotopic (exact) mass is 303 g/mol. The van der Waals surface area contributed by atoms with Crippen molar-refractivity contribution in [1.82, 2.24) is 5.32 Å². The van der Waals surface area contributed by atoms with Crippen LogP contribution in [0.5, 0.6) is 5.75 Å². The van der Waals surface area contributed by atoms with E-state index in [1.807, 2.05) is 24.3 Å². The second kappa shape index (κ2) is 8.24. The summed E-state index contributed by atoms with van der Waals surface area (Å²) in [5.41, 5.74) is 1.82. The van der Waals surface area contributed by atoms with Crippen molar-refractivity contribution in [3.05, 3.63) is 54.0 Å². The molecule has 1 aromatic heterocycles. The predicted octanol–water partition coefficient (Wildman–Crippen LogP) is 2.46. The van der Waals surface area contributed by atoms with E-state index in [-0.39, 0.29) is 5.91 Å². The fourth-order valence-electron chi connectivity index (χ4n) is 2.12. The zero-order valence-electron chi connectivity index (χ0n) is 12.6. The Hall–Kier alpha value is -2.27. The molecule has 1 unspecified atom stereocenters. The molecule has 0 bridgehead atoms. The van der Waals surface area contributed by atoms with E-state index in [0.29, 0.717) is 25.8 Å². The molecule has 2 N–H and O–H groups in total. The van der Waals surface area contributed by atoms with Gasteiger partial charge in [0.25, 0.3) is 0 Å². The van der Waals surface area contributed by atoms with Crippen molar-refractivity contribution in [2.45, 2.75) is 25.4 Å². The number of aliphatic hydroxyl groups is 1. The highest BCUT2D eigenvalue weighted by Gasteiger charge is 2.09. The van der Waals surface area contributed by atoms with Gasteiger partial charge in [0.2, 0.25) is 5.91 Å². The van der Waals surface area contributed by atoms with Crippen molar-refractivity contribution in [1.29, 1.82) is 0 Å². The maximum absolute atomic E-state index is 11.8. The molecule has 0 saturated heterocycles. The van der Waals surface area contributed by atoms with Gasteiger partial charge in [-0.3, -0.25) is 4.79 Å². The first-order chi connectivity index (χ1) is 10.7. The number of ether oxygens (including phenoxy) is 1. The van der Waals surface area contributed by atoms with Crippen LogP contribution in [-0.4, -0.2) is 24.7 Å². The van der Waals surface area contributed by atoms with Gasteiger partial charge in [-0.15, -0.1) is 0 Å². The number of carbonyl (C=O) groups is 1. The Morgan fingerprint density at radius 2 is 2.09 bits per heavy atom. The van der Waals surface area contributed by atoms with Crippen LogP contribution in [0, 0.1) is 0 Å². The second-order valence-corrected chi connectivity index (χ2v) is 5.06. The second-order valence-electron chi connectivity index (χ2n) is 5.06. The SMILES string of the molecule is COc1ccc(CCC(=O)NCCC(O)c2ccoc2)cc1. The van der Waals surface area contributed by atoms with E-state index in [1.54, 1.807) is 13.2 Å². The highest BCUT2D eigenvalue weighted by atomic mass is 16.5. The third-order valence-electron chi connectivity index (χ3n) is 3.47. The Morgan fingerprint density at radius 1 is 1.32 bits per heavy atom. The third-order valence-corrected chi connectivity index (χ3v) is 3.47. The first kappa shape index (κ1) is 16.1. The van der Waals surface area contributed by atoms with Gasteiger partial charge in [0.1, 0.15) is 5.75 Å². The molecule has 0 aliphatic carbocycles. The Bertz CT molecular complexity index is 563. The van der Waals surface area contributed by atoms with Crippen LogP contribution in [0.3, 0.4) is 0 Å². The lowest BCUT2D eigenvalue weighted by atomic mass is 10.1. The van der Waals surface area contributed by atoms with Gasteiger partial charge in [-0.25, -0.2) is 0 Å².